The number of hydrogen-bond donors (Lipinski definition) is 2. The summed E-state index contributed by atoms with van der Waals surface area (Å²) in [5, 5.41) is 20.5. The molecule has 1 aromatic heterocycles. The zero-order valence-corrected chi connectivity index (χ0v) is 9.34. The van der Waals surface area contributed by atoms with Crippen molar-refractivity contribution in [3.05, 3.63) is 42.0 Å². The molecule has 0 spiro atoms. The van der Waals surface area contributed by atoms with Crippen LogP contribution in [0, 0.1) is 6.92 Å². The normalized spacial score (nSPS) is 11.2. The average molecular weight is 226 g/mol. The van der Waals surface area contributed by atoms with Crippen LogP contribution in [0.2, 0.25) is 0 Å². The second-order valence-corrected chi connectivity index (χ2v) is 4.20. The van der Waals surface area contributed by atoms with Crippen LogP contribution in [0.1, 0.15) is 5.56 Å². The van der Waals surface area contributed by atoms with E-state index in [2.05, 4.69) is 0 Å². The first-order valence-corrected chi connectivity index (χ1v) is 5.45. The highest BCUT2D eigenvalue weighted by Crippen LogP contribution is 2.28. The van der Waals surface area contributed by atoms with Crippen molar-refractivity contribution in [3.63, 3.8) is 0 Å². The molecule has 3 nitrogen and oxygen atoms in total. The van der Waals surface area contributed by atoms with Crippen molar-refractivity contribution in [1.82, 2.24) is 0 Å². The van der Waals surface area contributed by atoms with Crippen LogP contribution in [0.3, 0.4) is 0 Å². The maximum atomic E-state index is 9.30. The van der Waals surface area contributed by atoms with Crippen LogP contribution >= 0.6 is 0 Å². The molecule has 0 aliphatic heterocycles. The fraction of sp³-hybridized carbons (Fsp3) is 0.0769. The van der Waals surface area contributed by atoms with Gasteiger partial charge in [0, 0.05) is 16.2 Å². The highest BCUT2D eigenvalue weighted by molar-refractivity contribution is 6.61. The molecule has 84 valence electrons. The first kappa shape index (κ1) is 10.4. The first-order chi connectivity index (χ1) is 8.16. The Kier molecular flexibility index (Phi) is 2.21. The molecule has 0 atom stereocenters. The van der Waals surface area contributed by atoms with Gasteiger partial charge in [0.15, 0.2) is 0 Å². The van der Waals surface area contributed by atoms with Crippen LogP contribution in [-0.2, 0) is 0 Å². The molecule has 0 radical (unpaired) electrons. The molecule has 2 N–H and O–H groups in total. The van der Waals surface area contributed by atoms with Gasteiger partial charge in [0.25, 0.3) is 0 Å². The van der Waals surface area contributed by atoms with Gasteiger partial charge in [-0.05, 0) is 19.1 Å². The standard InChI is InChI=1S/C13H11BO3/c1-8-5-6-12-10(7-8)9-3-2-4-11(14(15)16)13(9)17-12/h2-7,15-16H,1H3. The molecule has 3 aromatic rings. The number of furan rings is 1. The smallest absolute Gasteiger partial charge is 0.456 e. The third kappa shape index (κ3) is 1.53. The largest absolute Gasteiger partial charge is 0.492 e. The summed E-state index contributed by atoms with van der Waals surface area (Å²) in [5.41, 5.74) is 2.85. The second kappa shape index (κ2) is 3.62. The Balaban J connectivity index is 2.47. The Morgan fingerprint density at radius 1 is 1.06 bits per heavy atom. The van der Waals surface area contributed by atoms with Gasteiger partial charge in [-0.15, -0.1) is 0 Å². The van der Waals surface area contributed by atoms with Crippen molar-refractivity contribution in [2.75, 3.05) is 0 Å². The van der Waals surface area contributed by atoms with Crippen LogP contribution in [0.15, 0.2) is 40.8 Å². The van der Waals surface area contributed by atoms with Gasteiger partial charge in [0.1, 0.15) is 11.2 Å². The minimum Gasteiger partial charge on any atom is -0.456 e. The number of fused-ring (bicyclic) bond motifs is 3. The van der Waals surface area contributed by atoms with Gasteiger partial charge in [-0.25, -0.2) is 0 Å². The molecule has 0 aliphatic rings. The van der Waals surface area contributed by atoms with Crippen molar-refractivity contribution in [2.45, 2.75) is 6.92 Å². The minimum atomic E-state index is -1.51. The Bertz CT molecular complexity index is 700. The SMILES string of the molecule is Cc1ccc2oc3c(B(O)O)cccc3c2c1. The summed E-state index contributed by atoms with van der Waals surface area (Å²) in [5.74, 6) is 0. The van der Waals surface area contributed by atoms with Crippen molar-refractivity contribution in [1.29, 1.82) is 0 Å². The number of benzene rings is 2. The van der Waals surface area contributed by atoms with E-state index in [1.165, 1.54) is 0 Å². The summed E-state index contributed by atoms with van der Waals surface area (Å²) in [6, 6.07) is 11.3. The highest BCUT2D eigenvalue weighted by atomic mass is 16.4. The third-order valence-corrected chi connectivity index (χ3v) is 2.96. The van der Waals surface area contributed by atoms with E-state index in [1.807, 2.05) is 31.2 Å². The van der Waals surface area contributed by atoms with E-state index in [-0.39, 0.29) is 0 Å². The van der Waals surface area contributed by atoms with Crippen LogP contribution in [0.4, 0.5) is 0 Å². The quantitative estimate of drug-likeness (QED) is 0.619. The predicted octanol–water partition coefficient (Wildman–Crippen LogP) is 1.57. The molecule has 4 heteroatoms. The fourth-order valence-electron chi connectivity index (χ4n) is 2.14. The molecule has 1 heterocycles. The Morgan fingerprint density at radius 3 is 2.65 bits per heavy atom. The summed E-state index contributed by atoms with van der Waals surface area (Å²) in [4.78, 5) is 0. The van der Waals surface area contributed by atoms with E-state index in [0.29, 0.717) is 11.0 Å². The molecule has 2 aromatic carbocycles. The fourth-order valence-corrected chi connectivity index (χ4v) is 2.14. The highest BCUT2D eigenvalue weighted by Gasteiger charge is 2.18. The average Bonchev–Trinajstić information content (AvgIpc) is 2.66. The zero-order valence-electron chi connectivity index (χ0n) is 9.34. The minimum absolute atomic E-state index is 0.399. The summed E-state index contributed by atoms with van der Waals surface area (Å²) in [7, 11) is -1.51. The van der Waals surface area contributed by atoms with Gasteiger partial charge in [0.05, 0.1) is 0 Å². The van der Waals surface area contributed by atoms with Gasteiger partial charge in [0.2, 0.25) is 0 Å². The van der Waals surface area contributed by atoms with E-state index in [4.69, 9.17) is 4.42 Å². The molecule has 0 bridgehead atoms. The lowest BCUT2D eigenvalue weighted by Gasteiger charge is -1.98. The summed E-state index contributed by atoms with van der Waals surface area (Å²) in [6.45, 7) is 2.02. The summed E-state index contributed by atoms with van der Waals surface area (Å²) >= 11 is 0. The maximum absolute atomic E-state index is 9.30. The first-order valence-electron chi connectivity index (χ1n) is 5.45. The van der Waals surface area contributed by atoms with Crippen molar-refractivity contribution in [3.8, 4) is 0 Å². The van der Waals surface area contributed by atoms with Crippen molar-refractivity contribution >= 4 is 34.5 Å². The van der Waals surface area contributed by atoms with E-state index >= 15 is 0 Å². The summed E-state index contributed by atoms with van der Waals surface area (Å²) < 4.78 is 5.68. The second-order valence-electron chi connectivity index (χ2n) is 4.20. The summed E-state index contributed by atoms with van der Waals surface area (Å²) in [6.07, 6.45) is 0. The lowest BCUT2D eigenvalue weighted by molar-refractivity contribution is 0.425. The number of hydrogen-bond acceptors (Lipinski definition) is 3. The molecular weight excluding hydrogens is 215 g/mol. The van der Waals surface area contributed by atoms with E-state index in [0.717, 1.165) is 21.9 Å². The van der Waals surface area contributed by atoms with Crippen LogP contribution in [0.25, 0.3) is 21.9 Å². The number of para-hydroxylation sites is 1. The number of aryl methyl sites for hydroxylation is 1. The van der Waals surface area contributed by atoms with Crippen molar-refractivity contribution < 1.29 is 14.5 Å². The Labute approximate surface area is 98.4 Å². The molecule has 17 heavy (non-hydrogen) atoms. The molecule has 0 fully saturated rings. The van der Waals surface area contributed by atoms with E-state index < -0.39 is 7.12 Å². The van der Waals surface area contributed by atoms with Gasteiger partial charge in [-0.1, -0.05) is 29.8 Å². The molecule has 0 aliphatic carbocycles. The Morgan fingerprint density at radius 2 is 1.88 bits per heavy atom. The predicted molar refractivity (Wildman–Crippen MR) is 68.3 cm³/mol. The monoisotopic (exact) mass is 226 g/mol. The molecule has 3 rings (SSSR count). The number of rotatable bonds is 1. The van der Waals surface area contributed by atoms with Crippen molar-refractivity contribution in [2.24, 2.45) is 0 Å². The Hall–Kier alpha value is -1.78. The van der Waals surface area contributed by atoms with Crippen LogP contribution in [0.5, 0.6) is 0 Å². The topological polar surface area (TPSA) is 53.6 Å². The van der Waals surface area contributed by atoms with Gasteiger partial charge in [-0.3, -0.25) is 0 Å². The third-order valence-electron chi connectivity index (χ3n) is 2.96. The van der Waals surface area contributed by atoms with E-state index in [1.54, 1.807) is 12.1 Å². The van der Waals surface area contributed by atoms with Gasteiger partial charge in [-0.2, -0.15) is 0 Å². The molecule has 0 saturated heterocycles. The molecule has 0 saturated carbocycles. The zero-order chi connectivity index (χ0) is 12.0. The van der Waals surface area contributed by atoms with Gasteiger partial charge < -0.3 is 14.5 Å². The lowest BCUT2D eigenvalue weighted by atomic mass is 9.79. The molecule has 0 unspecified atom stereocenters. The van der Waals surface area contributed by atoms with Crippen LogP contribution in [-0.4, -0.2) is 17.2 Å². The maximum Gasteiger partial charge on any atom is 0.492 e. The van der Waals surface area contributed by atoms with E-state index in [9.17, 15) is 10.0 Å². The molecule has 0 amide bonds. The van der Waals surface area contributed by atoms with Gasteiger partial charge >= 0.3 is 7.12 Å². The lowest BCUT2D eigenvalue weighted by Crippen LogP contribution is -2.29. The van der Waals surface area contributed by atoms with Crippen LogP contribution < -0.4 is 5.46 Å². The molecular formula is C13H11BO3.